The molecule has 16 heavy (non-hydrogen) atoms. The first kappa shape index (κ1) is 11.1. The average molecular weight is 219 g/mol. The highest BCUT2D eigenvalue weighted by Gasteiger charge is 2.32. The van der Waals surface area contributed by atoms with Crippen LogP contribution in [0.1, 0.15) is 17.9 Å². The van der Waals surface area contributed by atoms with Crippen LogP contribution in [0.3, 0.4) is 0 Å². The first-order valence-corrected chi connectivity index (χ1v) is 5.66. The highest BCUT2D eigenvalue weighted by atomic mass is 16.5. The number of esters is 1. The first-order valence-electron chi connectivity index (χ1n) is 5.66. The van der Waals surface area contributed by atoms with E-state index in [1.165, 1.54) is 12.7 Å². The number of methoxy groups -OCH3 is 1. The molecule has 1 N–H and O–H groups in total. The fourth-order valence-electron chi connectivity index (χ4n) is 2.34. The van der Waals surface area contributed by atoms with Crippen molar-refractivity contribution in [1.29, 1.82) is 0 Å². The van der Waals surface area contributed by atoms with Crippen LogP contribution in [0.5, 0.6) is 0 Å². The molecule has 1 aliphatic rings. The summed E-state index contributed by atoms with van der Waals surface area (Å²) in [5.41, 5.74) is 1.21. The molecule has 0 saturated carbocycles. The van der Waals surface area contributed by atoms with Gasteiger partial charge in [0.25, 0.3) is 0 Å². The van der Waals surface area contributed by atoms with E-state index in [1.807, 2.05) is 18.2 Å². The van der Waals surface area contributed by atoms with Gasteiger partial charge in [-0.25, -0.2) is 0 Å². The predicted molar refractivity (Wildman–Crippen MR) is 62.2 cm³/mol. The summed E-state index contributed by atoms with van der Waals surface area (Å²) in [5.74, 6) is 0.145. The molecule has 2 rings (SSSR count). The van der Waals surface area contributed by atoms with E-state index < -0.39 is 0 Å². The van der Waals surface area contributed by atoms with Crippen LogP contribution >= 0.6 is 0 Å². The molecule has 1 heterocycles. The van der Waals surface area contributed by atoms with Gasteiger partial charge in [0, 0.05) is 12.5 Å². The number of carbonyl (C=O) groups excluding carboxylic acids is 1. The average Bonchev–Trinajstić information content (AvgIpc) is 2.39. The van der Waals surface area contributed by atoms with Gasteiger partial charge >= 0.3 is 5.97 Å². The summed E-state index contributed by atoms with van der Waals surface area (Å²) in [6.07, 6.45) is 0.853. The van der Waals surface area contributed by atoms with E-state index in [1.54, 1.807) is 0 Å². The van der Waals surface area contributed by atoms with Crippen LogP contribution in [-0.4, -0.2) is 26.2 Å². The molecule has 0 bridgehead atoms. The highest BCUT2D eigenvalue weighted by molar-refractivity contribution is 5.73. The Balaban J connectivity index is 2.20. The Morgan fingerprint density at radius 2 is 2.12 bits per heavy atom. The molecule has 2 atom stereocenters. The van der Waals surface area contributed by atoms with Gasteiger partial charge in [0.2, 0.25) is 0 Å². The number of carbonyl (C=O) groups is 1. The second-order valence-corrected chi connectivity index (χ2v) is 4.14. The maximum atomic E-state index is 11.7. The van der Waals surface area contributed by atoms with E-state index in [4.69, 9.17) is 4.74 Å². The quantitative estimate of drug-likeness (QED) is 0.767. The highest BCUT2D eigenvalue weighted by Crippen LogP contribution is 2.29. The molecule has 0 spiro atoms. The van der Waals surface area contributed by atoms with E-state index in [-0.39, 0.29) is 17.8 Å². The minimum absolute atomic E-state index is 0.00588. The van der Waals surface area contributed by atoms with Gasteiger partial charge in [0.15, 0.2) is 0 Å². The van der Waals surface area contributed by atoms with Gasteiger partial charge in [-0.1, -0.05) is 30.3 Å². The van der Waals surface area contributed by atoms with Crippen molar-refractivity contribution in [2.24, 2.45) is 5.92 Å². The summed E-state index contributed by atoms with van der Waals surface area (Å²) in [5, 5.41) is 3.33. The fourth-order valence-corrected chi connectivity index (χ4v) is 2.34. The zero-order chi connectivity index (χ0) is 11.4. The maximum Gasteiger partial charge on any atom is 0.309 e. The third-order valence-electron chi connectivity index (χ3n) is 3.21. The number of hydrogen-bond donors (Lipinski definition) is 1. The number of rotatable bonds is 2. The fraction of sp³-hybridized carbons (Fsp3) is 0.462. The molecule has 1 saturated heterocycles. The SMILES string of the molecule is COC(=O)C1CCNCC1c1ccccc1. The summed E-state index contributed by atoms with van der Waals surface area (Å²) in [7, 11) is 1.46. The molecular formula is C13H17NO2. The van der Waals surface area contributed by atoms with Crippen molar-refractivity contribution in [2.75, 3.05) is 20.2 Å². The van der Waals surface area contributed by atoms with Crippen molar-refractivity contribution in [3.05, 3.63) is 35.9 Å². The zero-order valence-corrected chi connectivity index (χ0v) is 9.48. The summed E-state index contributed by atoms with van der Waals surface area (Å²) >= 11 is 0. The minimum Gasteiger partial charge on any atom is -0.469 e. The molecule has 1 aliphatic heterocycles. The van der Waals surface area contributed by atoms with E-state index in [2.05, 4.69) is 17.4 Å². The Labute approximate surface area is 95.8 Å². The van der Waals surface area contributed by atoms with Crippen molar-refractivity contribution in [3.63, 3.8) is 0 Å². The molecule has 0 radical (unpaired) electrons. The van der Waals surface area contributed by atoms with Crippen LogP contribution in [0.4, 0.5) is 0 Å². The number of piperidine rings is 1. The lowest BCUT2D eigenvalue weighted by atomic mass is 9.81. The number of nitrogens with one attached hydrogen (secondary N) is 1. The molecular weight excluding hydrogens is 202 g/mol. The molecule has 1 aromatic carbocycles. The Kier molecular flexibility index (Phi) is 3.57. The lowest BCUT2D eigenvalue weighted by Gasteiger charge is -2.30. The summed E-state index contributed by atoms with van der Waals surface area (Å²) in [4.78, 5) is 11.7. The smallest absolute Gasteiger partial charge is 0.309 e. The molecule has 0 aromatic heterocycles. The largest absolute Gasteiger partial charge is 0.469 e. The lowest BCUT2D eigenvalue weighted by Crippen LogP contribution is -2.39. The van der Waals surface area contributed by atoms with Crippen LogP contribution in [0.15, 0.2) is 30.3 Å². The van der Waals surface area contributed by atoms with Crippen molar-refractivity contribution in [1.82, 2.24) is 5.32 Å². The predicted octanol–water partition coefficient (Wildman–Crippen LogP) is 1.55. The van der Waals surface area contributed by atoms with Crippen LogP contribution in [0.2, 0.25) is 0 Å². The maximum absolute atomic E-state index is 11.7. The Hall–Kier alpha value is -1.35. The topological polar surface area (TPSA) is 38.3 Å². The zero-order valence-electron chi connectivity index (χ0n) is 9.48. The molecule has 0 amide bonds. The normalized spacial score (nSPS) is 25.1. The molecule has 0 aliphatic carbocycles. The number of benzene rings is 1. The third-order valence-corrected chi connectivity index (χ3v) is 3.21. The standard InChI is InChI=1S/C13H17NO2/c1-16-13(15)11-7-8-14-9-12(11)10-5-3-2-4-6-10/h2-6,11-12,14H,7-9H2,1H3. The molecule has 86 valence electrons. The van der Waals surface area contributed by atoms with E-state index in [0.29, 0.717) is 0 Å². The van der Waals surface area contributed by atoms with E-state index >= 15 is 0 Å². The van der Waals surface area contributed by atoms with Gasteiger partial charge in [-0.3, -0.25) is 4.79 Å². The van der Waals surface area contributed by atoms with Crippen LogP contribution in [-0.2, 0) is 9.53 Å². The minimum atomic E-state index is -0.0876. The molecule has 3 nitrogen and oxygen atoms in total. The van der Waals surface area contributed by atoms with Crippen LogP contribution in [0.25, 0.3) is 0 Å². The van der Waals surface area contributed by atoms with Crippen molar-refractivity contribution in [2.45, 2.75) is 12.3 Å². The second-order valence-electron chi connectivity index (χ2n) is 4.14. The monoisotopic (exact) mass is 219 g/mol. The third kappa shape index (κ3) is 2.25. The van der Waals surface area contributed by atoms with Crippen molar-refractivity contribution in [3.8, 4) is 0 Å². The van der Waals surface area contributed by atoms with Gasteiger partial charge < -0.3 is 10.1 Å². The molecule has 2 unspecified atom stereocenters. The molecule has 3 heteroatoms. The molecule has 1 aromatic rings. The number of hydrogen-bond acceptors (Lipinski definition) is 3. The van der Waals surface area contributed by atoms with Crippen LogP contribution in [0, 0.1) is 5.92 Å². The second kappa shape index (κ2) is 5.12. The lowest BCUT2D eigenvalue weighted by molar-refractivity contribution is -0.147. The summed E-state index contributed by atoms with van der Waals surface area (Å²) in [6.45, 7) is 1.74. The van der Waals surface area contributed by atoms with Gasteiger partial charge in [-0.2, -0.15) is 0 Å². The van der Waals surface area contributed by atoms with E-state index in [0.717, 1.165) is 19.5 Å². The van der Waals surface area contributed by atoms with Gasteiger partial charge in [0.1, 0.15) is 0 Å². The summed E-state index contributed by atoms with van der Waals surface area (Å²) < 4.78 is 4.87. The Bertz CT molecular complexity index is 350. The molecule has 1 fully saturated rings. The summed E-state index contributed by atoms with van der Waals surface area (Å²) in [6, 6.07) is 10.2. The Morgan fingerprint density at radius 1 is 1.38 bits per heavy atom. The van der Waals surface area contributed by atoms with Crippen molar-refractivity contribution < 1.29 is 9.53 Å². The van der Waals surface area contributed by atoms with E-state index in [9.17, 15) is 4.79 Å². The first-order chi connectivity index (χ1) is 7.83. The van der Waals surface area contributed by atoms with Crippen LogP contribution < -0.4 is 5.32 Å². The number of ether oxygens (including phenoxy) is 1. The van der Waals surface area contributed by atoms with Gasteiger partial charge in [0.05, 0.1) is 13.0 Å². The van der Waals surface area contributed by atoms with Crippen molar-refractivity contribution >= 4 is 5.97 Å². The Morgan fingerprint density at radius 3 is 2.81 bits per heavy atom. The van der Waals surface area contributed by atoms with Gasteiger partial charge in [-0.15, -0.1) is 0 Å². The van der Waals surface area contributed by atoms with Gasteiger partial charge in [-0.05, 0) is 18.5 Å².